The van der Waals surface area contributed by atoms with Gasteiger partial charge < -0.3 is 5.11 Å². The highest BCUT2D eigenvalue weighted by Gasteiger charge is 2.23. The first-order valence-electron chi connectivity index (χ1n) is 7.10. The number of hydrogen-bond acceptors (Lipinski definition) is 2. The molecule has 5 heteroatoms. The molecule has 0 radical (unpaired) electrons. The first-order chi connectivity index (χ1) is 10.1. The molecular formula is C16H15F2NO2. The van der Waals surface area contributed by atoms with Crippen LogP contribution in [0.15, 0.2) is 18.2 Å². The van der Waals surface area contributed by atoms with Gasteiger partial charge in [-0.25, -0.2) is 18.6 Å². The highest BCUT2D eigenvalue weighted by atomic mass is 19.1. The summed E-state index contributed by atoms with van der Waals surface area (Å²) in [6, 6.07) is 3.33. The SMILES string of the molecule is O=C(O)c1cc(C2CCCCC2)nc2c(F)ccc(F)c12. The molecule has 1 aliphatic carbocycles. The van der Waals surface area contributed by atoms with Gasteiger partial charge in [0.1, 0.15) is 17.2 Å². The molecule has 1 aromatic carbocycles. The number of carboxylic acids is 1. The van der Waals surface area contributed by atoms with E-state index < -0.39 is 17.6 Å². The second-order valence-electron chi connectivity index (χ2n) is 5.49. The predicted molar refractivity (Wildman–Crippen MR) is 74.4 cm³/mol. The zero-order valence-corrected chi connectivity index (χ0v) is 11.4. The minimum atomic E-state index is -1.26. The van der Waals surface area contributed by atoms with E-state index in [2.05, 4.69) is 4.98 Å². The largest absolute Gasteiger partial charge is 0.478 e. The number of fused-ring (bicyclic) bond motifs is 1. The van der Waals surface area contributed by atoms with E-state index in [-0.39, 0.29) is 22.4 Å². The summed E-state index contributed by atoms with van der Waals surface area (Å²) < 4.78 is 27.8. The third-order valence-electron chi connectivity index (χ3n) is 4.13. The molecule has 3 rings (SSSR count). The lowest BCUT2D eigenvalue weighted by molar-refractivity contribution is 0.0698. The molecular weight excluding hydrogens is 276 g/mol. The van der Waals surface area contributed by atoms with Crippen molar-refractivity contribution in [3.8, 4) is 0 Å². The smallest absolute Gasteiger partial charge is 0.336 e. The molecule has 1 N–H and O–H groups in total. The van der Waals surface area contributed by atoms with E-state index in [1.54, 1.807) is 0 Å². The predicted octanol–water partition coefficient (Wildman–Crippen LogP) is 4.26. The molecule has 0 unspecified atom stereocenters. The van der Waals surface area contributed by atoms with Crippen LogP contribution in [0.25, 0.3) is 10.9 Å². The van der Waals surface area contributed by atoms with E-state index >= 15 is 0 Å². The highest BCUT2D eigenvalue weighted by Crippen LogP contribution is 2.34. The third kappa shape index (κ3) is 2.48. The Balaban J connectivity index is 2.24. The lowest BCUT2D eigenvalue weighted by atomic mass is 9.86. The molecule has 0 spiro atoms. The molecule has 1 heterocycles. The Morgan fingerprint density at radius 3 is 2.48 bits per heavy atom. The summed E-state index contributed by atoms with van der Waals surface area (Å²) in [6.45, 7) is 0. The van der Waals surface area contributed by atoms with Crippen molar-refractivity contribution < 1.29 is 18.7 Å². The highest BCUT2D eigenvalue weighted by molar-refractivity contribution is 6.03. The fourth-order valence-electron chi connectivity index (χ4n) is 3.06. The van der Waals surface area contributed by atoms with Crippen LogP contribution < -0.4 is 0 Å². The van der Waals surface area contributed by atoms with Gasteiger partial charge in [-0.2, -0.15) is 0 Å². The molecule has 0 amide bonds. The van der Waals surface area contributed by atoms with Crippen LogP contribution in [0, 0.1) is 11.6 Å². The molecule has 0 atom stereocenters. The Morgan fingerprint density at radius 2 is 1.81 bits per heavy atom. The molecule has 1 aliphatic rings. The number of halogens is 2. The number of aromatic carboxylic acids is 1. The molecule has 1 saturated carbocycles. The monoisotopic (exact) mass is 291 g/mol. The number of rotatable bonds is 2. The van der Waals surface area contributed by atoms with Crippen molar-refractivity contribution >= 4 is 16.9 Å². The van der Waals surface area contributed by atoms with Gasteiger partial charge in [-0.05, 0) is 31.0 Å². The van der Waals surface area contributed by atoms with Gasteiger partial charge in [0.25, 0.3) is 0 Å². The first-order valence-corrected chi connectivity index (χ1v) is 7.10. The molecule has 2 aromatic rings. The molecule has 110 valence electrons. The first kappa shape index (κ1) is 13.9. The van der Waals surface area contributed by atoms with Gasteiger partial charge >= 0.3 is 5.97 Å². The molecule has 21 heavy (non-hydrogen) atoms. The Bertz CT molecular complexity index is 709. The number of nitrogens with zero attached hydrogens (tertiary/aromatic N) is 1. The molecule has 0 aliphatic heterocycles. The molecule has 1 fully saturated rings. The quantitative estimate of drug-likeness (QED) is 0.899. The molecule has 3 nitrogen and oxygen atoms in total. The Hall–Kier alpha value is -2.04. The van der Waals surface area contributed by atoms with E-state index in [4.69, 9.17) is 0 Å². The summed E-state index contributed by atoms with van der Waals surface area (Å²) in [5, 5.41) is 9.06. The number of hydrogen-bond donors (Lipinski definition) is 1. The fraction of sp³-hybridized carbons (Fsp3) is 0.375. The van der Waals surface area contributed by atoms with Gasteiger partial charge in [0.2, 0.25) is 0 Å². The Kier molecular flexibility index (Phi) is 3.57. The van der Waals surface area contributed by atoms with Crippen LogP contribution in [0.3, 0.4) is 0 Å². The standard InChI is InChI=1S/C16H15F2NO2/c17-11-6-7-12(18)15-14(11)10(16(20)21)8-13(19-15)9-4-2-1-3-5-9/h6-9H,1-5H2,(H,20,21). The van der Waals surface area contributed by atoms with Crippen LogP contribution in [0.2, 0.25) is 0 Å². The average molecular weight is 291 g/mol. The van der Waals surface area contributed by atoms with Gasteiger partial charge in [-0.1, -0.05) is 19.3 Å². The topological polar surface area (TPSA) is 50.2 Å². The maximum Gasteiger partial charge on any atom is 0.336 e. The molecule has 0 saturated heterocycles. The van der Waals surface area contributed by atoms with Crippen molar-refractivity contribution in [1.82, 2.24) is 4.98 Å². The zero-order chi connectivity index (χ0) is 15.0. The van der Waals surface area contributed by atoms with Gasteiger partial charge in [0.15, 0.2) is 0 Å². The Labute approximate surface area is 120 Å². The summed E-state index contributed by atoms with van der Waals surface area (Å²) in [5.74, 6) is -2.58. The van der Waals surface area contributed by atoms with E-state index in [9.17, 15) is 18.7 Å². The van der Waals surface area contributed by atoms with Crippen molar-refractivity contribution in [2.24, 2.45) is 0 Å². The van der Waals surface area contributed by atoms with Crippen LogP contribution in [-0.4, -0.2) is 16.1 Å². The number of carboxylic acid groups (broad SMARTS) is 1. The van der Waals surface area contributed by atoms with Crippen LogP contribution in [0.5, 0.6) is 0 Å². The van der Waals surface area contributed by atoms with Crippen LogP contribution >= 0.6 is 0 Å². The summed E-state index contributed by atoms with van der Waals surface area (Å²) in [5.41, 5.74) is 0.164. The maximum atomic E-state index is 13.9. The van der Waals surface area contributed by atoms with Crippen molar-refractivity contribution in [3.05, 3.63) is 41.1 Å². The summed E-state index contributed by atoms with van der Waals surface area (Å²) in [4.78, 5) is 15.6. The van der Waals surface area contributed by atoms with E-state index in [1.165, 1.54) is 6.07 Å². The number of benzene rings is 1. The van der Waals surface area contributed by atoms with Crippen LogP contribution in [-0.2, 0) is 0 Å². The lowest BCUT2D eigenvalue weighted by Crippen LogP contribution is -2.10. The second kappa shape index (κ2) is 5.39. The van der Waals surface area contributed by atoms with Crippen LogP contribution in [0.4, 0.5) is 8.78 Å². The van der Waals surface area contributed by atoms with Crippen molar-refractivity contribution in [1.29, 1.82) is 0 Å². The van der Waals surface area contributed by atoms with Crippen molar-refractivity contribution in [2.75, 3.05) is 0 Å². The van der Waals surface area contributed by atoms with E-state index in [1.807, 2.05) is 0 Å². The molecule has 1 aromatic heterocycles. The number of aromatic nitrogens is 1. The lowest BCUT2D eigenvalue weighted by Gasteiger charge is -2.22. The normalized spacial score (nSPS) is 16.3. The summed E-state index contributed by atoms with van der Waals surface area (Å²) in [6.07, 6.45) is 5.08. The van der Waals surface area contributed by atoms with Crippen molar-refractivity contribution in [3.63, 3.8) is 0 Å². The summed E-state index contributed by atoms with van der Waals surface area (Å²) in [7, 11) is 0. The average Bonchev–Trinajstić information content (AvgIpc) is 2.51. The number of pyridine rings is 1. The van der Waals surface area contributed by atoms with E-state index in [0.717, 1.165) is 44.2 Å². The third-order valence-corrected chi connectivity index (χ3v) is 4.13. The molecule has 0 bridgehead atoms. The second-order valence-corrected chi connectivity index (χ2v) is 5.49. The number of carbonyl (C=O) groups is 1. The zero-order valence-electron chi connectivity index (χ0n) is 11.4. The van der Waals surface area contributed by atoms with Gasteiger partial charge in [0.05, 0.1) is 10.9 Å². The van der Waals surface area contributed by atoms with Gasteiger partial charge in [-0.15, -0.1) is 0 Å². The van der Waals surface area contributed by atoms with Gasteiger partial charge in [-0.3, -0.25) is 0 Å². The van der Waals surface area contributed by atoms with Crippen molar-refractivity contribution in [2.45, 2.75) is 38.0 Å². The summed E-state index contributed by atoms with van der Waals surface area (Å²) >= 11 is 0. The van der Waals surface area contributed by atoms with Gasteiger partial charge in [0, 0.05) is 11.6 Å². The Morgan fingerprint density at radius 1 is 1.14 bits per heavy atom. The maximum absolute atomic E-state index is 13.9. The van der Waals surface area contributed by atoms with Crippen LogP contribution in [0.1, 0.15) is 54.1 Å². The minimum absolute atomic E-state index is 0.129. The van der Waals surface area contributed by atoms with E-state index in [0.29, 0.717) is 5.69 Å². The minimum Gasteiger partial charge on any atom is -0.478 e. The fourth-order valence-corrected chi connectivity index (χ4v) is 3.06.